The first-order valence-corrected chi connectivity index (χ1v) is 9.57. The maximum absolute atomic E-state index is 12.0. The van der Waals surface area contributed by atoms with E-state index in [1.165, 1.54) is 32.1 Å². The SMILES string of the molecule is CCC(CNC1C2CC3CC(C2)CC1C3)NC(=O)OC(C)(C)C. The summed E-state index contributed by atoms with van der Waals surface area (Å²) in [5.74, 6) is 3.78. The summed E-state index contributed by atoms with van der Waals surface area (Å²) in [4.78, 5) is 12.0. The molecule has 4 fully saturated rings. The van der Waals surface area contributed by atoms with Crippen LogP contribution in [0.15, 0.2) is 0 Å². The Labute approximate surface area is 141 Å². The highest BCUT2D eigenvalue weighted by molar-refractivity contribution is 5.68. The van der Waals surface area contributed by atoms with Gasteiger partial charge in [-0.05, 0) is 83.0 Å². The molecule has 4 bridgehead atoms. The largest absolute Gasteiger partial charge is 0.444 e. The second kappa shape index (κ2) is 6.62. The monoisotopic (exact) mass is 322 g/mol. The van der Waals surface area contributed by atoms with Crippen molar-refractivity contribution in [1.29, 1.82) is 0 Å². The van der Waals surface area contributed by atoms with E-state index in [1.54, 1.807) is 0 Å². The molecule has 4 aliphatic carbocycles. The van der Waals surface area contributed by atoms with E-state index in [-0.39, 0.29) is 12.1 Å². The Bertz CT molecular complexity index is 402. The number of carbonyl (C=O) groups excluding carboxylic acids is 1. The minimum absolute atomic E-state index is 0.155. The van der Waals surface area contributed by atoms with Crippen LogP contribution in [-0.4, -0.2) is 30.3 Å². The number of amides is 1. The molecule has 0 heterocycles. The lowest BCUT2D eigenvalue weighted by Crippen LogP contribution is -2.56. The summed E-state index contributed by atoms with van der Waals surface area (Å²) in [6.45, 7) is 8.70. The van der Waals surface area contributed by atoms with Gasteiger partial charge in [-0.25, -0.2) is 4.79 Å². The first kappa shape index (κ1) is 17.1. The first-order chi connectivity index (χ1) is 10.8. The molecule has 132 valence electrons. The van der Waals surface area contributed by atoms with Crippen LogP contribution in [0.2, 0.25) is 0 Å². The van der Waals surface area contributed by atoms with Crippen LogP contribution in [0.25, 0.3) is 0 Å². The van der Waals surface area contributed by atoms with Crippen molar-refractivity contribution in [2.24, 2.45) is 23.7 Å². The van der Waals surface area contributed by atoms with Crippen molar-refractivity contribution >= 4 is 6.09 Å². The number of nitrogens with one attached hydrogen (secondary N) is 2. The molecule has 0 aromatic heterocycles. The van der Waals surface area contributed by atoms with Gasteiger partial charge in [-0.1, -0.05) is 6.92 Å². The van der Waals surface area contributed by atoms with E-state index >= 15 is 0 Å². The Balaban J connectivity index is 1.47. The van der Waals surface area contributed by atoms with Crippen molar-refractivity contribution < 1.29 is 9.53 Å². The Hall–Kier alpha value is -0.770. The van der Waals surface area contributed by atoms with Gasteiger partial charge in [-0.2, -0.15) is 0 Å². The normalized spacial score (nSPS) is 36.8. The zero-order valence-corrected chi connectivity index (χ0v) is 15.2. The predicted octanol–water partition coefficient (Wildman–Crippen LogP) is 3.70. The van der Waals surface area contributed by atoms with Crippen LogP contribution >= 0.6 is 0 Å². The second-order valence-corrected chi connectivity index (χ2v) is 9.12. The molecule has 4 heteroatoms. The molecule has 2 N–H and O–H groups in total. The van der Waals surface area contributed by atoms with Gasteiger partial charge in [0.25, 0.3) is 0 Å². The lowest BCUT2D eigenvalue weighted by Gasteiger charge is -2.54. The summed E-state index contributed by atoms with van der Waals surface area (Å²) in [6.07, 6.45) is 7.86. The number of carbonyl (C=O) groups is 1. The van der Waals surface area contributed by atoms with E-state index < -0.39 is 5.60 Å². The highest BCUT2D eigenvalue weighted by Gasteiger charge is 2.47. The van der Waals surface area contributed by atoms with Gasteiger partial charge in [0.2, 0.25) is 0 Å². The molecule has 0 spiro atoms. The van der Waals surface area contributed by atoms with E-state index in [1.807, 2.05) is 20.8 Å². The maximum Gasteiger partial charge on any atom is 0.407 e. The summed E-state index contributed by atoms with van der Waals surface area (Å²) < 4.78 is 5.38. The summed E-state index contributed by atoms with van der Waals surface area (Å²) >= 11 is 0. The van der Waals surface area contributed by atoms with Gasteiger partial charge in [0.05, 0.1) is 0 Å². The van der Waals surface area contributed by atoms with Gasteiger partial charge in [0.15, 0.2) is 0 Å². The number of hydrogen-bond donors (Lipinski definition) is 2. The molecule has 0 aliphatic heterocycles. The van der Waals surface area contributed by atoms with Crippen molar-refractivity contribution in [3.8, 4) is 0 Å². The van der Waals surface area contributed by atoms with E-state index in [4.69, 9.17) is 4.74 Å². The average molecular weight is 322 g/mol. The maximum atomic E-state index is 12.0. The van der Waals surface area contributed by atoms with E-state index in [9.17, 15) is 4.79 Å². The Morgan fingerprint density at radius 2 is 1.65 bits per heavy atom. The van der Waals surface area contributed by atoms with Crippen LogP contribution in [-0.2, 0) is 4.74 Å². The minimum atomic E-state index is -0.433. The standard InChI is InChI=1S/C19H34N2O2/c1-5-16(21-18(22)23-19(2,3)4)11-20-17-14-7-12-6-13(9-14)10-15(17)8-12/h12-17,20H,5-11H2,1-4H3,(H,21,22). The summed E-state index contributed by atoms with van der Waals surface area (Å²) in [5, 5.41) is 6.84. The van der Waals surface area contributed by atoms with Crippen LogP contribution in [0, 0.1) is 23.7 Å². The second-order valence-electron chi connectivity index (χ2n) is 9.12. The molecule has 0 saturated heterocycles. The topological polar surface area (TPSA) is 50.4 Å². The third-order valence-corrected chi connectivity index (χ3v) is 6.04. The lowest BCUT2D eigenvalue weighted by atomic mass is 9.54. The zero-order valence-electron chi connectivity index (χ0n) is 15.2. The third-order valence-electron chi connectivity index (χ3n) is 6.04. The molecule has 4 saturated carbocycles. The number of alkyl carbamates (subject to hydrolysis) is 1. The van der Waals surface area contributed by atoms with Gasteiger partial charge >= 0.3 is 6.09 Å². The first-order valence-electron chi connectivity index (χ1n) is 9.57. The van der Waals surface area contributed by atoms with Crippen LogP contribution in [0.3, 0.4) is 0 Å². The molecule has 0 aromatic carbocycles. The smallest absolute Gasteiger partial charge is 0.407 e. The van der Waals surface area contributed by atoms with Gasteiger partial charge in [-0.3, -0.25) is 0 Å². The highest BCUT2D eigenvalue weighted by atomic mass is 16.6. The Kier molecular flexibility index (Phi) is 4.91. The van der Waals surface area contributed by atoms with Gasteiger partial charge in [0, 0.05) is 18.6 Å². The molecule has 0 radical (unpaired) electrons. The molecule has 23 heavy (non-hydrogen) atoms. The lowest BCUT2D eigenvalue weighted by molar-refractivity contribution is -0.0144. The van der Waals surface area contributed by atoms with Crippen molar-refractivity contribution in [3.05, 3.63) is 0 Å². The van der Waals surface area contributed by atoms with Crippen LogP contribution in [0.4, 0.5) is 4.79 Å². The fourth-order valence-corrected chi connectivity index (χ4v) is 5.31. The molecule has 4 aliphatic rings. The molecule has 4 rings (SSSR count). The van der Waals surface area contributed by atoms with Crippen molar-refractivity contribution in [1.82, 2.24) is 10.6 Å². The summed E-state index contributed by atoms with van der Waals surface area (Å²) in [7, 11) is 0. The van der Waals surface area contributed by atoms with Crippen molar-refractivity contribution in [2.45, 2.75) is 83.9 Å². The van der Waals surface area contributed by atoms with E-state index in [0.29, 0.717) is 6.04 Å². The fourth-order valence-electron chi connectivity index (χ4n) is 5.31. The molecule has 4 nitrogen and oxygen atoms in total. The average Bonchev–Trinajstić information content (AvgIpc) is 2.42. The van der Waals surface area contributed by atoms with Crippen molar-refractivity contribution in [3.63, 3.8) is 0 Å². The van der Waals surface area contributed by atoms with Gasteiger partial charge < -0.3 is 15.4 Å². The van der Waals surface area contributed by atoms with E-state index in [0.717, 1.165) is 36.6 Å². The predicted molar refractivity (Wildman–Crippen MR) is 92.3 cm³/mol. The Morgan fingerprint density at radius 1 is 1.09 bits per heavy atom. The quantitative estimate of drug-likeness (QED) is 0.811. The highest BCUT2D eigenvalue weighted by Crippen LogP contribution is 2.53. The molecule has 1 unspecified atom stereocenters. The van der Waals surface area contributed by atoms with Gasteiger partial charge in [0.1, 0.15) is 5.60 Å². The van der Waals surface area contributed by atoms with Crippen LogP contribution < -0.4 is 10.6 Å². The van der Waals surface area contributed by atoms with E-state index in [2.05, 4.69) is 17.6 Å². The molecule has 1 amide bonds. The molecular formula is C19H34N2O2. The third kappa shape index (κ3) is 4.20. The van der Waals surface area contributed by atoms with Crippen LogP contribution in [0.5, 0.6) is 0 Å². The molecule has 1 atom stereocenters. The van der Waals surface area contributed by atoms with Crippen molar-refractivity contribution in [2.75, 3.05) is 6.54 Å². The Morgan fingerprint density at radius 3 is 2.13 bits per heavy atom. The number of ether oxygens (including phenoxy) is 1. The summed E-state index contributed by atoms with van der Waals surface area (Å²) in [5.41, 5.74) is -0.433. The molecule has 0 aromatic rings. The number of rotatable bonds is 5. The fraction of sp³-hybridized carbons (Fsp3) is 0.947. The molecular weight excluding hydrogens is 288 g/mol. The van der Waals surface area contributed by atoms with Gasteiger partial charge in [-0.15, -0.1) is 0 Å². The minimum Gasteiger partial charge on any atom is -0.444 e. The zero-order chi connectivity index (χ0) is 16.6. The summed E-state index contributed by atoms with van der Waals surface area (Å²) in [6, 6.07) is 0.833. The van der Waals surface area contributed by atoms with Crippen LogP contribution in [0.1, 0.15) is 66.2 Å². The number of hydrogen-bond acceptors (Lipinski definition) is 3.